The second-order valence-corrected chi connectivity index (χ2v) is 4.70. The Bertz CT molecular complexity index is 756. The molecule has 0 saturated heterocycles. The SMILES string of the molecule is CCC(N)c1cc2nccn2nc1-c1cccc(F)c1.Cl. The first-order valence-corrected chi connectivity index (χ1v) is 6.55. The van der Waals surface area contributed by atoms with Crippen molar-refractivity contribution in [3.8, 4) is 11.3 Å². The van der Waals surface area contributed by atoms with E-state index in [9.17, 15) is 4.39 Å². The molecule has 2 heterocycles. The highest BCUT2D eigenvalue weighted by atomic mass is 35.5. The molecule has 0 spiro atoms. The Balaban J connectivity index is 0.00000161. The van der Waals surface area contributed by atoms with Crippen LogP contribution in [0.1, 0.15) is 24.9 Å². The first kappa shape index (κ1) is 15.4. The molecule has 1 unspecified atom stereocenters. The lowest BCUT2D eigenvalue weighted by molar-refractivity contribution is 0.628. The van der Waals surface area contributed by atoms with Gasteiger partial charge in [0.15, 0.2) is 5.65 Å². The summed E-state index contributed by atoms with van der Waals surface area (Å²) >= 11 is 0. The van der Waals surface area contributed by atoms with Crippen LogP contribution in [-0.2, 0) is 0 Å². The Morgan fingerprint density at radius 2 is 2.14 bits per heavy atom. The normalized spacial score (nSPS) is 12.1. The summed E-state index contributed by atoms with van der Waals surface area (Å²) in [5, 5.41) is 4.52. The fourth-order valence-corrected chi connectivity index (χ4v) is 2.23. The van der Waals surface area contributed by atoms with E-state index in [2.05, 4.69) is 10.1 Å². The highest BCUT2D eigenvalue weighted by Crippen LogP contribution is 2.28. The van der Waals surface area contributed by atoms with Crippen LogP contribution >= 0.6 is 12.4 Å². The van der Waals surface area contributed by atoms with Crippen LogP contribution in [0.3, 0.4) is 0 Å². The molecule has 2 aromatic heterocycles. The summed E-state index contributed by atoms with van der Waals surface area (Å²) in [5.41, 5.74) is 9.21. The lowest BCUT2D eigenvalue weighted by Crippen LogP contribution is -2.12. The van der Waals surface area contributed by atoms with Gasteiger partial charge in [0.25, 0.3) is 0 Å². The summed E-state index contributed by atoms with van der Waals surface area (Å²) < 4.78 is 15.1. The van der Waals surface area contributed by atoms with Crippen LogP contribution in [-0.4, -0.2) is 14.6 Å². The summed E-state index contributed by atoms with van der Waals surface area (Å²) in [4.78, 5) is 4.22. The molecule has 3 aromatic rings. The Labute approximate surface area is 128 Å². The topological polar surface area (TPSA) is 56.2 Å². The van der Waals surface area contributed by atoms with E-state index in [0.717, 1.165) is 23.2 Å². The molecule has 21 heavy (non-hydrogen) atoms. The fourth-order valence-electron chi connectivity index (χ4n) is 2.23. The molecule has 0 aliphatic carbocycles. The van der Waals surface area contributed by atoms with E-state index in [0.29, 0.717) is 5.69 Å². The summed E-state index contributed by atoms with van der Waals surface area (Å²) in [6.45, 7) is 2.01. The lowest BCUT2D eigenvalue weighted by atomic mass is 9.99. The lowest BCUT2D eigenvalue weighted by Gasteiger charge is -2.14. The van der Waals surface area contributed by atoms with Gasteiger partial charge in [-0.05, 0) is 24.6 Å². The van der Waals surface area contributed by atoms with Crippen LogP contribution in [0.15, 0.2) is 42.7 Å². The molecule has 0 saturated carbocycles. The Hall–Kier alpha value is -1.98. The number of rotatable bonds is 3. The Morgan fingerprint density at radius 3 is 2.86 bits per heavy atom. The van der Waals surface area contributed by atoms with Crippen LogP contribution in [0, 0.1) is 5.82 Å². The average Bonchev–Trinajstić information content (AvgIpc) is 2.92. The number of nitrogens with two attached hydrogens (primary N) is 1. The predicted octanol–water partition coefficient (Wildman–Crippen LogP) is 3.37. The van der Waals surface area contributed by atoms with E-state index < -0.39 is 0 Å². The van der Waals surface area contributed by atoms with Crippen molar-refractivity contribution < 1.29 is 4.39 Å². The van der Waals surface area contributed by atoms with E-state index in [1.165, 1.54) is 12.1 Å². The van der Waals surface area contributed by atoms with Gasteiger partial charge in [-0.2, -0.15) is 5.10 Å². The van der Waals surface area contributed by atoms with Crippen molar-refractivity contribution in [3.05, 3.63) is 54.1 Å². The zero-order valence-corrected chi connectivity index (χ0v) is 12.3. The van der Waals surface area contributed by atoms with Crippen molar-refractivity contribution >= 4 is 18.1 Å². The molecule has 0 radical (unpaired) electrons. The molecule has 1 aromatic carbocycles. The Morgan fingerprint density at radius 1 is 1.33 bits per heavy atom. The molecule has 3 rings (SSSR count). The van der Waals surface area contributed by atoms with Gasteiger partial charge in [-0.25, -0.2) is 13.9 Å². The number of imidazole rings is 1. The highest BCUT2D eigenvalue weighted by Gasteiger charge is 2.15. The van der Waals surface area contributed by atoms with E-state index in [1.54, 1.807) is 23.0 Å². The smallest absolute Gasteiger partial charge is 0.153 e. The molecule has 4 nitrogen and oxygen atoms in total. The quantitative estimate of drug-likeness (QED) is 0.807. The predicted molar refractivity (Wildman–Crippen MR) is 82.8 cm³/mol. The monoisotopic (exact) mass is 306 g/mol. The first-order valence-electron chi connectivity index (χ1n) is 6.55. The van der Waals surface area contributed by atoms with Gasteiger partial charge in [-0.1, -0.05) is 19.1 Å². The molecule has 1 atom stereocenters. The highest BCUT2D eigenvalue weighted by molar-refractivity contribution is 5.85. The molecule has 0 aliphatic heterocycles. The summed E-state index contributed by atoms with van der Waals surface area (Å²) in [5.74, 6) is -0.286. The van der Waals surface area contributed by atoms with Crippen LogP contribution in [0.4, 0.5) is 4.39 Å². The van der Waals surface area contributed by atoms with Gasteiger partial charge >= 0.3 is 0 Å². The largest absolute Gasteiger partial charge is 0.324 e. The summed E-state index contributed by atoms with van der Waals surface area (Å²) in [6.07, 6.45) is 4.22. The van der Waals surface area contributed by atoms with E-state index >= 15 is 0 Å². The van der Waals surface area contributed by atoms with E-state index in [4.69, 9.17) is 5.73 Å². The van der Waals surface area contributed by atoms with Crippen molar-refractivity contribution in [2.75, 3.05) is 0 Å². The molecule has 110 valence electrons. The maximum absolute atomic E-state index is 13.4. The third kappa shape index (κ3) is 2.89. The molecule has 0 fully saturated rings. The molecule has 0 bridgehead atoms. The molecular formula is C15H16ClFN4. The minimum atomic E-state index is -0.286. The molecule has 2 N–H and O–H groups in total. The van der Waals surface area contributed by atoms with E-state index in [-0.39, 0.29) is 24.3 Å². The fraction of sp³-hybridized carbons (Fsp3) is 0.200. The molecule has 6 heteroatoms. The molecule has 0 amide bonds. The van der Waals surface area contributed by atoms with Gasteiger partial charge in [-0.3, -0.25) is 0 Å². The Kier molecular flexibility index (Phi) is 4.55. The number of nitrogens with zero attached hydrogens (tertiary/aromatic N) is 3. The number of aromatic nitrogens is 3. The average molecular weight is 307 g/mol. The van der Waals surface area contributed by atoms with Crippen molar-refractivity contribution in [1.82, 2.24) is 14.6 Å². The number of halogens is 2. The zero-order chi connectivity index (χ0) is 14.1. The van der Waals surface area contributed by atoms with Gasteiger partial charge in [-0.15, -0.1) is 12.4 Å². The summed E-state index contributed by atoms with van der Waals surface area (Å²) in [7, 11) is 0. The number of hydrogen-bond donors (Lipinski definition) is 1. The van der Waals surface area contributed by atoms with Crippen LogP contribution < -0.4 is 5.73 Å². The molecular weight excluding hydrogens is 291 g/mol. The van der Waals surface area contributed by atoms with Crippen molar-refractivity contribution in [1.29, 1.82) is 0 Å². The van der Waals surface area contributed by atoms with Gasteiger partial charge in [0.2, 0.25) is 0 Å². The van der Waals surface area contributed by atoms with E-state index in [1.807, 2.05) is 19.1 Å². The van der Waals surface area contributed by atoms with Crippen molar-refractivity contribution in [3.63, 3.8) is 0 Å². The number of hydrogen-bond acceptors (Lipinski definition) is 3. The first-order chi connectivity index (χ1) is 9.69. The maximum Gasteiger partial charge on any atom is 0.153 e. The number of fused-ring (bicyclic) bond motifs is 1. The molecule has 0 aliphatic rings. The van der Waals surface area contributed by atoms with Crippen molar-refractivity contribution in [2.24, 2.45) is 5.73 Å². The third-order valence-corrected chi connectivity index (χ3v) is 3.35. The minimum absolute atomic E-state index is 0. The number of benzene rings is 1. The second kappa shape index (κ2) is 6.20. The third-order valence-electron chi connectivity index (χ3n) is 3.35. The zero-order valence-electron chi connectivity index (χ0n) is 11.5. The second-order valence-electron chi connectivity index (χ2n) is 4.70. The van der Waals surface area contributed by atoms with Crippen LogP contribution in [0.2, 0.25) is 0 Å². The maximum atomic E-state index is 13.4. The van der Waals surface area contributed by atoms with Crippen LogP contribution in [0.25, 0.3) is 16.9 Å². The summed E-state index contributed by atoms with van der Waals surface area (Å²) in [6, 6.07) is 8.16. The van der Waals surface area contributed by atoms with Gasteiger partial charge in [0, 0.05) is 29.6 Å². The van der Waals surface area contributed by atoms with Crippen LogP contribution in [0.5, 0.6) is 0 Å². The van der Waals surface area contributed by atoms with Gasteiger partial charge < -0.3 is 5.73 Å². The van der Waals surface area contributed by atoms with Crippen molar-refractivity contribution in [2.45, 2.75) is 19.4 Å². The standard InChI is InChI=1S/C15H15FN4.ClH/c1-2-13(17)12-9-14-18-6-7-20(14)19-15(12)10-4-3-5-11(16)8-10;/h3-9,13H,2,17H2,1H3;1H. The van der Waals surface area contributed by atoms with Gasteiger partial charge in [0.05, 0.1) is 5.69 Å². The van der Waals surface area contributed by atoms with Gasteiger partial charge in [0.1, 0.15) is 5.82 Å². The minimum Gasteiger partial charge on any atom is -0.324 e.